The van der Waals surface area contributed by atoms with E-state index in [0.717, 1.165) is 30.0 Å². The first-order chi connectivity index (χ1) is 8.30. The topological polar surface area (TPSA) is 41.6 Å². The van der Waals surface area contributed by atoms with Crippen molar-refractivity contribution < 1.29 is 0 Å². The smallest absolute Gasteiger partial charge is 0.112 e. The standard InChI is InChI=1S/C13H15N3S/c1-3-11-10(7-14)8-16(12(11)4-2)9-13-15-5-6-17-13/h5-6,8H,3-4,9H2,1-2H3. The van der Waals surface area contributed by atoms with Gasteiger partial charge in [-0.15, -0.1) is 11.3 Å². The Morgan fingerprint density at radius 1 is 1.41 bits per heavy atom. The lowest BCUT2D eigenvalue weighted by atomic mass is 10.1. The first-order valence-corrected chi connectivity index (χ1v) is 6.67. The third-order valence-electron chi connectivity index (χ3n) is 2.90. The highest BCUT2D eigenvalue weighted by atomic mass is 32.1. The molecule has 0 amide bonds. The Labute approximate surface area is 105 Å². The summed E-state index contributed by atoms with van der Waals surface area (Å²) in [6, 6.07) is 2.28. The molecule has 0 radical (unpaired) electrons. The van der Waals surface area contributed by atoms with E-state index in [-0.39, 0.29) is 0 Å². The van der Waals surface area contributed by atoms with Crippen LogP contribution in [0.25, 0.3) is 0 Å². The van der Waals surface area contributed by atoms with E-state index in [2.05, 4.69) is 29.5 Å². The summed E-state index contributed by atoms with van der Waals surface area (Å²) in [6.45, 7) is 5.01. The van der Waals surface area contributed by atoms with Crippen molar-refractivity contribution in [2.24, 2.45) is 0 Å². The Balaban J connectivity index is 2.40. The van der Waals surface area contributed by atoms with Crippen molar-refractivity contribution >= 4 is 11.3 Å². The molecule has 0 saturated carbocycles. The Bertz CT molecular complexity index is 532. The van der Waals surface area contributed by atoms with E-state index in [9.17, 15) is 0 Å². The van der Waals surface area contributed by atoms with Gasteiger partial charge in [-0.3, -0.25) is 0 Å². The molecule has 0 aromatic carbocycles. The lowest BCUT2D eigenvalue weighted by molar-refractivity contribution is 0.739. The van der Waals surface area contributed by atoms with Gasteiger partial charge in [0.25, 0.3) is 0 Å². The van der Waals surface area contributed by atoms with Crippen LogP contribution in [0.3, 0.4) is 0 Å². The number of hydrogen-bond donors (Lipinski definition) is 0. The molecule has 17 heavy (non-hydrogen) atoms. The summed E-state index contributed by atoms with van der Waals surface area (Å²) in [7, 11) is 0. The predicted octanol–water partition coefficient (Wildman–Crippen LogP) is 2.99. The summed E-state index contributed by atoms with van der Waals surface area (Å²) >= 11 is 1.65. The van der Waals surface area contributed by atoms with Gasteiger partial charge in [-0.05, 0) is 18.4 Å². The second kappa shape index (κ2) is 5.15. The number of thiazole rings is 1. The minimum Gasteiger partial charge on any atom is -0.343 e. The van der Waals surface area contributed by atoms with Crippen molar-refractivity contribution in [1.82, 2.24) is 9.55 Å². The molecule has 2 aromatic heterocycles. The number of rotatable bonds is 4. The Morgan fingerprint density at radius 2 is 2.24 bits per heavy atom. The van der Waals surface area contributed by atoms with E-state index in [4.69, 9.17) is 5.26 Å². The zero-order valence-electron chi connectivity index (χ0n) is 10.1. The van der Waals surface area contributed by atoms with Crippen LogP contribution in [0.2, 0.25) is 0 Å². The quantitative estimate of drug-likeness (QED) is 0.831. The Morgan fingerprint density at radius 3 is 2.76 bits per heavy atom. The van der Waals surface area contributed by atoms with Gasteiger partial charge < -0.3 is 4.57 Å². The average Bonchev–Trinajstić information content (AvgIpc) is 2.96. The molecule has 3 nitrogen and oxygen atoms in total. The van der Waals surface area contributed by atoms with Crippen LogP contribution in [0.5, 0.6) is 0 Å². The van der Waals surface area contributed by atoms with Gasteiger partial charge in [-0.1, -0.05) is 13.8 Å². The first-order valence-electron chi connectivity index (χ1n) is 5.79. The van der Waals surface area contributed by atoms with Crippen LogP contribution in [0.1, 0.15) is 35.7 Å². The van der Waals surface area contributed by atoms with Crippen molar-refractivity contribution in [2.75, 3.05) is 0 Å². The van der Waals surface area contributed by atoms with Crippen molar-refractivity contribution in [3.05, 3.63) is 39.6 Å². The largest absolute Gasteiger partial charge is 0.343 e. The summed E-state index contributed by atoms with van der Waals surface area (Å²) in [5, 5.41) is 12.2. The lowest BCUT2D eigenvalue weighted by Crippen LogP contribution is -2.03. The van der Waals surface area contributed by atoms with Crippen molar-refractivity contribution in [2.45, 2.75) is 33.2 Å². The molecule has 0 aliphatic heterocycles. The maximum Gasteiger partial charge on any atom is 0.112 e. The van der Waals surface area contributed by atoms with Crippen LogP contribution in [0.4, 0.5) is 0 Å². The Kier molecular flexibility index (Phi) is 3.60. The SMILES string of the molecule is CCc1c(C#N)cn(Cc2nccs2)c1CC. The molecular weight excluding hydrogens is 230 g/mol. The fraction of sp³-hybridized carbons (Fsp3) is 0.385. The van der Waals surface area contributed by atoms with Crippen LogP contribution in [0.15, 0.2) is 17.8 Å². The van der Waals surface area contributed by atoms with Crippen molar-refractivity contribution in [3.8, 4) is 6.07 Å². The molecule has 0 aliphatic carbocycles. The number of nitriles is 1. The molecule has 2 rings (SSSR count). The minimum absolute atomic E-state index is 0.773. The third kappa shape index (κ3) is 2.25. The molecule has 0 bridgehead atoms. The molecule has 2 aromatic rings. The fourth-order valence-electron chi connectivity index (χ4n) is 2.17. The highest BCUT2D eigenvalue weighted by Gasteiger charge is 2.13. The van der Waals surface area contributed by atoms with Crippen molar-refractivity contribution in [1.29, 1.82) is 5.26 Å². The van der Waals surface area contributed by atoms with Crippen LogP contribution in [-0.4, -0.2) is 9.55 Å². The fourth-order valence-corrected chi connectivity index (χ4v) is 2.78. The molecule has 4 heteroatoms. The number of hydrogen-bond acceptors (Lipinski definition) is 3. The second-order valence-corrected chi connectivity index (χ2v) is 4.82. The summed E-state index contributed by atoms with van der Waals surface area (Å²) in [6.07, 6.45) is 5.65. The Hall–Kier alpha value is -1.60. The van der Waals surface area contributed by atoms with E-state index in [1.807, 2.05) is 17.8 Å². The maximum atomic E-state index is 9.13. The van der Waals surface area contributed by atoms with Crippen LogP contribution < -0.4 is 0 Å². The van der Waals surface area contributed by atoms with Gasteiger partial charge in [-0.25, -0.2) is 4.98 Å². The molecule has 2 heterocycles. The number of aromatic nitrogens is 2. The van der Waals surface area contributed by atoms with E-state index in [1.165, 1.54) is 11.3 Å². The van der Waals surface area contributed by atoms with E-state index >= 15 is 0 Å². The zero-order chi connectivity index (χ0) is 12.3. The predicted molar refractivity (Wildman–Crippen MR) is 69.1 cm³/mol. The molecule has 0 saturated heterocycles. The molecule has 0 fully saturated rings. The van der Waals surface area contributed by atoms with Gasteiger partial charge in [0, 0.05) is 23.5 Å². The molecule has 0 N–H and O–H groups in total. The molecule has 0 atom stereocenters. The van der Waals surface area contributed by atoms with E-state index in [1.54, 1.807) is 11.3 Å². The van der Waals surface area contributed by atoms with Gasteiger partial charge in [0.15, 0.2) is 0 Å². The average molecular weight is 245 g/mol. The lowest BCUT2D eigenvalue weighted by Gasteiger charge is -2.07. The third-order valence-corrected chi connectivity index (χ3v) is 3.67. The first kappa shape index (κ1) is 11.9. The summed E-state index contributed by atoms with van der Waals surface area (Å²) in [4.78, 5) is 4.29. The molecule has 0 spiro atoms. The minimum atomic E-state index is 0.773. The normalized spacial score (nSPS) is 10.4. The zero-order valence-corrected chi connectivity index (χ0v) is 10.9. The summed E-state index contributed by atoms with van der Waals surface area (Å²) in [5.74, 6) is 0. The van der Waals surface area contributed by atoms with Gasteiger partial charge in [-0.2, -0.15) is 5.26 Å². The van der Waals surface area contributed by atoms with Crippen LogP contribution in [0, 0.1) is 11.3 Å². The molecular formula is C13H15N3S. The summed E-state index contributed by atoms with van der Waals surface area (Å²) in [5.41, 5.74) is 3.26. The highest BCUT2D eigenvalue weighted by molar-refractivity contribution is 7.09. The van der Waals surface area contributed by atoms with Gasteiger partial charge in [0.1, 0.15) is 11.1 Å². The maximum absolute atomic E-state index is 9.13. The van der Waals surface area contributed by atoms with Gasteiger partial charge in [0.05, 0.1) is 12.1 Å². The second-order valence-electron chi connectivity index (χ2n) is 3.84. The summed E-state index contributed by atoms with van der Waals surface area (Å²) < 4.78 is 2.16. The van der Waals surface area contributed by atoms with Gasteiger partial charge >= 0.3 is 0 Å². The van der Waals surface area contributed by atoms with E-state index < -0.39 is 0 Å². The van der Waals surface area contributed by atoms with Crippen LogP contribution in [-0.2, 0) is 19.4 Å². The van der Waals surface area contributed by atoms with Gasteiger partial charge in [0.2, 0.25) is 0 Å². The van der Waals surface area contributed by atoms with Crippen LogP contribution >= 0.6 is 11.3 Å². The number of nitrogens with zero attached hydrogens (tertiary/aromatic N) is 3. The molecule has 88 valence electrons. The monoisotopic (exact) mass is 245 g/mol. The molecule has 0 unspecified atom stereocenters. The van der Waals surface area contributed by atoms with Crippen molar-refractivity contribution in [3.63, 3.8) is 0 Å². The molecule has 0 aliphatic rings. The highest BCUT2D eigenvalue weighted by Crippen LogP contribution is 2.20. The van der Waals surface area contributed by atoms with E-state index in [0.29, 0.717) is 0 Å².